The van der Waals surface area contributed by atoms with Gasteiger partial charge in [0.15, 0.2) is 0 Å². The first-order valence-electron chi connectivity index (χ1n) is 10.9. The zero-order valence-corrected chi connectivity index (χ0v) is 17.4. The molecule has 0 spiro atoms. The first-order valence-corrected chi connectivity index (χ1v) is 11.7. The van der Waals surface area contributed by atoms with Gasteiger partial charge in [-0.1, -0.05) is 12.1 Å². The van der Waals surface area contributed by atoms with Gasteiger partial charge in [-0.05, 0) is 80.3 Å². The van der Waals surface area contributed by atoms with E-state index in [1.807, 2.05) is 17.9 Å². The molecule has 0 radical (unpaired) electrons. The largest absolute Gasteiger partial charge is 0.344 e. The highest BCUT2D eigenvalue weighted by molar-refractivity contribution is 7.13. The number of pyridine rings is 1. The summed E-state index contributed by atoms with van der Waals surface area (Å²) in [7, 11) is 0. The van der Waals surface area contributed by atoms with Crippen LogP contribution in [0.5, 0.6) is 0 Å². The molecular weight excluding hydrogens is 376 g/mol. The van der Waals surface area contributed by atoms with Gasteiger partial charge in [-0.2, -0.15) is 0 Å². The Kier molecular flexibility index (Phi) is 4.38. The molecule has 0 amide bonds. The van der Waals surface area contributed by atoms with E-state index < -0.39 is 0 Å². The number of anilines is 1. The number of fused-ring (bicyclic) bond motifs is 1. The second kappa shape index (κ2) is 7.22. The van der Waals surface area contributed by atoms with Gasteiger partial charge in [-0.25, -0.2) is 4.98 Å². The van der Waals surface area contributed by atoms with Crippen molar-refractivity contribution in [3.8, 4) is 10.4 Å². The van der Waals surface area contributed by atoms with Gasteiger partial charge in [0.1, 0.15) is 5.82 Å². The number of thiazole rings is 1. The predicted molar refractivity (Wildman–Crippen MR) is 120 cm³/mol. The van der Waals surface area contributed by atoms with Crippen molar-refractivity contribution < 1.29 is 0 Å². The highest BCUT2D eigenvalue weighted by atomic mass is 32.1. The number of benzene rings is 1. The van der Waals surface area contributed by atoms with Crippen LogP contribution in [0.1, 0.15) is 38.5 Å². The fraction of sp³-hybridized carbons (Fsp3) is 0.417. The summed E-state index contributed by atoms with van der Waals surface area (Å²) >= 11 is 1.68. The number of nitrogens with one attached hydrogen (secondary N) is 1. The molecule has 29 heavy (non-hydrogen) atoms. The molecule has 148 valence electrons. The summed E-state index contributed by atoms with van der Waals surface area (Å²) in [5.74, 6) is 1.65. The van der Waals surface area contributed by atoms with Crippen LogP contribution in [0.3, 0.4) is 0 Å². The Morgan fingerprint density at radius 3 is 2.59 bits per heavy atom. The van der Waals surface area contributed by atoms with E-state index in [-0.39, 0.29) is 0 Å². The van der Waals surface area contributed by atoms with E-state index in [9.17, 15) is 0 Å². The van der Waals surface area contributed by atoms with Crippen molar-refractivity contribution in [2.24, 2.45) is 5.92 Å². The lowest BCUT2D eigenvalue weighted by atomic mass is 9.92. The van der Waals surface area contributed by atoms with E-state index in [0.29, 0.717) is 5.92 Å². The first-order chi connectivity index (χ1) is 14.3. The second-order valence-corrected chi connectivity index (χ2v) is 9.57. The van der Waals surface area contributed by atoms with Crippen molar-refractivity contribution in [2.45, 2.75) is 44.6 Å². The molecule has 0 unspecified atom stereocenters. The zero-order valence-electron chi connectivity index (χ0n) is 16.6. The van der Waals surface area contributed by atoms with E-state index in [1.165, 1.54) is 78.5 Å². The number of nitrogens with zero attached hydrogens (tertiary/aromatic N) is 3. The highest BCUT2D eigenvalue weighted by Gasteiger charge is 2.34. The molecule has 1 saturated heterocycles. The minimum absolute atomic E-state index is 0.670. The minimum atomic E-state index is 0.670. The van der Waals surface area contributed by atoms with Gasteiger partial charge in [0.05, 0.1) is 10.4 Å². The molecule has 3 fully saturated rings. The van der Waals surface area contributed by atoms with Crippen molar-refractivity contribution in [3.05, 3.63) is 53.4 Å². The molecule has 3 heterocycles. The van der Waals surface area contributed by atoms with E-state index in [0.717, 1.165) is 11.9 Å². The SMILES string of the molecule is c1ncc(-c2ccc3cnc(NC(=C4CC4)C4CCN(C5CC5)CC4)cc3c2)s1. The minimum Gasteiger partial charge on any atom is -0.344 e. The summed E-state index contributed by atoms with van der Waals surface area (Å²) in [6.45, 7) is 2.52. The van der Waals surface area contributed by atoms with Gasteiger partial charge >= 0.3 is 0 Å². The highest BCUT2D eigenvalue weighted by Crippen LogP contribution is 2.40. The average Bonchev–Trinajstić information content (AvgIpc) is 3.70. The molecule has 2 aromatic heterocycles. The fourth-order valence-electron chi connectivity index (χ4n) is 4.66. The second-order valence-electron chi connectivity index (χ2n) is 8.68. The standard InChI is InChI=1S/C24H26N4S/c1-2-16(1)24(17-7-9-28(10-8-17)21-5-6-21)27-23-12-20-11-18(22-14-25-15-29-22)3-4-19(20)13-26-23/h3-4,11-15,17,21H,1-2,5-10H2,(H,26,27). The third-order valence-electron chi connectivity index (χ3n) is 6.58. The smallest absolute Gasteiger partial charge is 0.130 e. The van der Waals surface area contributed by atoms with Gasteiger partial charge in [0.25, 0.3) is 0 Å². The molecule has 1 aliphatic heterocycles. The monoisotopic (exact) mass is 402 g/mol. The normalized spacial score (nSPS) is 20.2. The Hall–Kier alpha value is -2.24. The summed E-state index contributed by atoms with van der Waals surface area (Å²) in [4.78, 5) is 12.9. The number of aromatic nitrogens is 2. The molecule has 4 nitrogen and oxygen atoms in total. The van der Waals surface area contributed by atoms with Gasteiger partial charge in [0.2, 0.25) is 0 Å². The van der Waals surface area contributed by atoms with Gasteiger partial charge in [-0.15, -0.1) is 11.3 Å². The van der Waals surface area contributed by atoms with Crippen molar-refractivity contribution in [3.63, 3.8) is 0 Å². The van der Waals surface area contributed by atoms with Crippen LogP contribution in [-0.2, 0) is 0 Å². The van der Waals surface area contributed by atoms with Crippen molar-refractivity contribution >= 4 is 27.9 Å². The molecule has 3 aliphatic rings. The lowest BCUT2D eigenvalue weighted by molar-refractivity contribution is 0.190. The van der Waals surface area contributed by atoms with Crippen LogP contribution in [0, 0.1) is 5.92 Å². The number of hydrogen-bond donors (Lipinski definition) is 1. The lowest BCUT2D eigenvalue weighted by Crippen LogP contribution is -2.36. The molecule has 1 N–H and O–H groups in total. The predicted octanol–water partition coefficient (Wildman–Crippen LogP) is 5.69. The molecular formula is C24H26N4S. The molecule has 3 aromatic rings. The van der Waals surface area contributed by atoms with Crippen molar-refractivity contribution in [1.82, 2.24) is 14.9 Å². The zero-order chi connectivity index (χ0) is 19.2. The number of likely N-dealkylation sites (tertiary alicyclic amines) is 1. The molecule has 0 bridgehead atoms. The number of rotatable bonds is 5. The number of allylic oxidation sites excluding steroid dienone is 2. The molecule has 1 aromatic carbocycles. The summed E-state index contributed by atoms with van der Waals surface area (Å²) < 4.78 is 0. The fourth-order valence-corrected chi connectivity index (χ4v) is 5.28. The molecule has 6 rings (SSSR count). The molecule has 5 heteroatoms. The van der Waals surface area contributed by atoms with Crippen molar-refractivity contribution in [2.75, 3.05) is 18.4 Å². The first kappa shape index (κ1) is 17.6. The van der Waals surface area contributed by atoms with Crippen LogP contribution in [0.2, 0.25) is 0 Å². The van der Waals surface area contributed by atoms with Gasteiger partial charge in [0, 0.05) is 35.4 Å². The van der Waals surface area contributed by atoms with E-state index in [2.05, 4.69) is 39.5 Å². The molecule has 2 aliphatic carbocycles. The third-order valence-corrected chi connectivity index (χ3v) is 7.41. The summed E-state index contributed by atoms with van der Waals surface area (Å²) in [6.07, 6.45) is 11.9. The van der Waals surface area contributed by atoms with Crippen LogP contribution in [-0.4, -0.2) is 34.0 Å². The Morgan fingerprint density at radius 2 is 1.86 bits per heavy atom. The number of hydrogen-bond acceptors (Lipinski definition) is 5. The Bertz CT molecular complexity index is 1050. The molecule has 0 atom stereocenters. The maximum Gasteiger partial charge on any atom is 0.130 e. The maximum absolute atomic E-state index is 4.73. The van der Waals surface area contributed by atoms with Crippen LogP contribution in [0.25, 0.3) is 21.2 Å². The number of piperidine rings is 1. The van der Waals surface area contributed by atoms with Crippen LogP contribution in [0.4, 0.5) is 5.82 Å². The van der Waals surface area contributed by atoms with Crippen LogP contribution < -0.4 is 5.32 Å². The van der Waals surface area contributed by atoms with Crippen molar-refractivity contribution in [1.29, 1.82) is 0 Å². The summed E-state index contributed by atoms with van der Waals surface area (Å²) in [5.41, 5.74) is 6.22. The Labute approximate surface area is 175 Å². The van der Waals surface area contributed by atoms with E-state index in [1.54, 1.807) is 16.9 Å². The van der Waals surface area contributed by atoms with E-state index in [4.69, 9.17) is 4.98 Å². The topological polar surface area (TPSA) is 41.1 Å². The Morgan fingerprint density at radius 1 is 1.00 bits per heavy atom. The molecule has 2 saturated carbocycles. The van der Waals surface area contributed by atoms with Crippen LogP contribution >= 0.6 is 11.3 Å². The third kappa shape index (κ3) is 3.69. The van der Waals surface area contributed by atoms with Crippen LogP contribution in [0.15, 0.2) is 53.4 Å². The summed E-state index contributed by atoms with van der Waals surface area (Å²) in [5, 5.41) is 6.17. The van der Waals surface area contributed by atoms with Gasteiger partial charge < -0.3 is 10.2 Å². The van der Waals surface area contributed by atoms with Gasteiger partial charge in [-0.3, -0.25) is 4.98 Å². The van der Waals surface area contributed by atoms with E-state index >= 15 is 0 Å². The Balaban J connectivity index is 1.24. The lowest BCUT2D eigenvalue weighted by Gasteiger charge is -2.33. The maximum atomic E-state index is 4.73. The quantitative estimate of drug-likeness (QED) is 0.595. The average molecular weight is 403 g/mol. The summed E-state index contributed by atoms with van der Waals surface area (Å²) in [6, 6.07) is 9.69.